The lowest BCUT2D eigenvalue weighted by atomic mass is 9.65. The van der Waals surface area contributed by atoms with Gasteiger partial charge in [0.05, 0.1) is 17.8 Å². The Kier molecular flexibility index (Phi) is 2.00. The van der Waals surface area contributed by atoms with Gasteiger partial charge in [-0.2, -0.15) is 0 Å². The van der Waals surface area contributed by atoms with E-state index in [1.807, 2.05) is 0 Å². The normalized spacial score (nSPS) is 53.3. The van der Waals surface area contributed by atoms with Crippen LogP contribution in [0.1, 0.15) is 19.3 Å². The van der Waals surface area contributed by atoms with Crippen molar-refractivity contribution in [3.63, 3.8) is 0 Å². The minimum Gasteiger partial charge on any atom is -0.393 e. The van der Waals surface area contributed by atoms with Crippen LogP contribution in [0.3, 0.4) is 0 Å². The molecule has 3 saturated carbocycles. The molecule has 8 atom stereocenters. The summed E-state index contributed by atoms with van der Waals surface area (Å²) in [5, 5.41) is 0. The Morgan fingerprint density at radius 3 is 2.10 bits per heavy atom. The molecule has 8 unspecified atom stereocenters. The van der Waals surface area contributed by atoms with E-state index in [1.54, 1.807) is 0 Å². The standard InChI is InChI=1S/C15H14O6/c16-9-3-5-4-1-6(12(5)15(19)20-9)11-8-2-7(10(4)11)13(17)21-14(8)18/h4-8,10-12H,1-3H2. The minimum absolute atomic E-state index is 0.00717. The number of cyclic esters (lactones) is 4. The summed E-state index contributed by atoms with van der Waals surface area (Å²) >= 11 is 0. The van der Waals surface area contributed by atoms with Gasteiger partial charge < -0.3 is 9.47 Å². The Labute approximate surface area is 120 Å². The van der Waals surface area contributed by atoms with E-state index in [2.05, 4.69) is 0 Å². The Morgan fingerprint density at radius 1 is 0.714 bits per heavy atom. The van der Waals surface area contributed by atoms with Crippen LogP contribution in [-0.2, 0) is 28.7 Å². The second-order valence-corrected chi connectivity index (χ2v) is 7.09. The Morgan fingerprint density at radius 2 is 1.38 bits per heavy atom. The van der Waals surface area contributed by atoms with E-state index in [-0.39, 0.29) is 53.8 Å². The highest BCUT2D eigenvalue weighted by atomic mass is 16.6. The molecule has 6 heteroatoms. The fraction of sp³-hybridized carbons (Fsp3) is 0.733. The molecule has 0 aromatic rings. The molecule has 2 aliphatic heterocycles. The van der Waals surface area contributed by atoms with E-state index in [9.17, 15) is 19.2 Å². The van der Waals surface area contributed by atoms with Crippen molar-refractivity contribution in [1.82, 2.24) is 0 Å². The topological polar surface area (TPSA) is 86.7 Å². The fourth-order valence-corrected chi connectivity index (χ4v) is 6.15. The number of hydrogen-bond acceptors (Lipinski definition) is 6. The maximum absolute atomic E-state index is 12.1. The van der Waals surface area contributed by atoms with Crippen molar-refractivity contribution in [3.05, 3.63) is 0 Å². The van der Waals surface area contributed by atoms with Gasteiger partial charge in [-0.1, -0.05) is 0 Å². The van der Waals surface area contributed by atoms with Crippen LogP contribution in [0, 0.1) is 47.3 Å². The van der Waals surface area contributed by atoms with Crippen molar-refractivity contribution in [2.75, 3.05) is 0 Å². The molecule has 6 nitrogen and oxygen atoms in total. The van der Waals surface area contributed by atoms with Gasteiger partial charge >= 0.3 is 23.9 Å². The summed E-state index contributed by atoms with van der Waals surface area (Å²) in [6, 6.07) is 0. The van der Waals surface area contributed by atoms with Gasteiger partial charge in [-0.25, -0.2) is 0 Å². The molecule has 0 aromatic heterocycles. The smallest absolute Gasteiger partial charge is 0.317 e. The van der Waals surface area contributed by atoms with Crippen molar-refractivity contribution in [2.24, 2.45) is 47.3 Å². The highest BCUT2D eigenvalue weighted by Crippen LogP contribution is 2.69. The van der Waals surface area contributed by atoms with Crippen LogP contribution in [0.25, 0.3) is 0 Å². The third kappa shape index (κ3) is 1.25. The van der Waals surface area contributed by atoms with Gasteiger partial charge in [0.15, 0.2) is 0 Å². The number of ether oxygens (including phenoxy) is 2. The fourth-order valence-electron chi connectivity index (χ4n) is 6.15. The summed E-state index contributed by atoms with van der Waals surface area (Å²) < 4.78 is 9.67. The molecule has 0 radical (unpaired) electrons. The average molecular weight is 290 g/mol. The third-order valence-corrected chi connectivity index (χ3v) is 6.58. The van der Waals surface area contributed by atoms with E-state index >= 15 is 0 Å². The second-order valence-electron chi connectivity index (χ2n) is 7.09. The minimum atomic E-state index is -0.454. The molecular formula is C15H14O6. The molecule has 5 rings (SSSR count). The predicted molar refractivity (Wildman–Crippen MR) is 64.0 cm³/mol. The Balaban J connectivity index is 1.58. The Hall–Kier alpha value is -1.72. The van der Waals surface area contributed by atoms with Crippen LogP contribution in [0.4, 0.5) is 0 Å². The summed E-state index contributed by atoms with van der Waals surface area (Å²) in [4.78, 5) is 47.5. The van der Waals surface area contributed by atoms with Crippen molar-refractivity contribution in [1.29, 1.82) is 0 Å². The van der Waals surface area contributed by atoms with Gasteiger partial charge in [0.1, 0.15) is 0 Å². The Bertz CT molecular complexity index is 609. The molecule has 5 aliphatic rings. The maximum Gasteiger partial charge on any atom is 0.317 e. The summed E-state index contributed by atoms with van der Waals surface area (Å²) in [5.74, 6) is -2.04. The predicted octanol–water partition coefficient (Wildman–Crippen LogP) is 0.294. The average Bonchev–Trinajstić information content (AvgIpc) is 3.02. The van der Waals surface area contributed by atoms with E-state index in [1.165, 1.54) is 0 Å². The lowest BCUT2D eigenvalue weighted by Gasteiger charge is -2.39. The molecule has 2 saturated heterocycles. The summed E-state index contributed by atoms with van der Waals surface area (Å²) in [7, 11) is 0. The van der Waals surface area contributed by atoms with E-state index < -0.39 is 23.9 Å². The van der Waals surface area contributed by atoms with Gasteiger partial charge in [-0.15, -0.1) is 0 Å². The van der Waals surface area contributed by atoms with Crippen molar-refractivity contribution in [3.8, 4) is 0 Å². The largest absolute Gasteiger partial charge is 0.393 e. The van der Waals surface area contributed by atoms with E-state index in [0.29, 0.717) is 6.42 Å². The van der Waals surface area contributed by atoms with Gasteiger partial charge in [0.25, 0.3) is 0 Å². The van der Waals surface area contributed by atoms with Crippen LogP contribution in [0.5, 0.6) is 0 Å². The lowest BCUT2D eigenvalue weighted by molar-refractivity contribution is -0.175. The molecular weight excluding hydrogens is 276 g/mol. The molecule has 0 amide bonds. The number of fused-ring (bicyclic) bond motifs is 12. The number of esters is 4. The molecule has 3 aliphatic carbocycles. The molecule has 0 aromatic carbocycles. The zero-order valence-electron chi connectivity index (χ0n) is 11.2. The first-order chi connectivity index (χ1) is 10.1. The molecule has 110 valence electrons. The number of rotatable bonds is 0. The van der Waals surface area contributed by atoms with Gasteiger partial charge in [-0.3, -0.25) is 19.2 Å². The van der Waals surface area contributed by atoms with Crippen LogP contribution in [0.2, 0.25) is 0 Å². The molecule has 5 fully saturated rings. The van der Waals surface area contributed by atoms with Crippen LogP contribution in [0.15, 0.2) is 0 Å². The van der Waals surface area contributed by atoms with Crippen LogP contribution < -0.4 is 0 Å². The highest BCUT2D eigenvalue weighted by Gasteiger charge is 2.71. The SMILES string of the molecule is O=C1CC2C3CC(C2C(=O)O1)C1C2CC(C(=O)OC2=O)C31. The van der Waals surface area contributed by atoms with Crippen molar-refractivity contribution < 1.29 is 28.7 Å². The third-order valence-electron chi connectivity index (χ3n) is 6.58. The second kappa shape index (κ2) is 3.54. The quantitative estimate of drug-likeness (QED) is 0.362. The van der Waals surface area contributed by atoms with Crippen LogP contribution in [-0.4, -0.2) is 23.9 Å². The first-order valence-corrected chi connectivity index (χ1v) is 7.56. The first kappa shape index (κ1) is 11.9. The van der Waals surface area contributed by atoms with E-state index in [0.717, 1.165) is 6.42 Å². The summed E-state index contributed by atoms with van der Waals surface area (Å²) in [6.45, 7) is 0. The monoisotopic (exact) mass is 290 g/mol. The van der Waals surface area contributed by atoms with Gasteiger partial charge in [0.2, 0.25) is 0 Å². The number of hydrogen-bond donors (Lipinski definition) is 0. The molecule has 0 N–H and O–H groups in total. The summed E-state index contributed by atoms with van der Waals surface area (Å²) in [6.07, 6.45) is 1.66. The first-order valence-electron chi connectivity index (χ1n) is 7.56. The highest BCUT2D eigenvalue weighted by molar-refractivity contribution is 5.94. The molecule has 0 spiro atoms. The zero-order valence-corrected chi connectivity index (χ0v) is 11.2. The van der Waals surface area contributed by atoms with Crippen molar-refractivity contribution in [2.45, 2.75) is 19.3 Å². The van der Waals surface area contributed by atoms with E-state index in [4.69, 9.17) is 9.47 Å². The van der Waals surface area contributed by atoms with Gasteiger partial charge in [-0.05, 0) is 42.4 Å². The number of carbonyl (C=O) groups is 4. The van der Waals surface area contributed by atoms with Gasteiger partial charge in [0, 0.05) is 6.42 Å². The maximum atomic E-state index is 12.1. The zero-order chi connectivity index (χ0) is 14.5. The molecule has 4 bridgehead atoms. The lowest BCUT2D eigenvalue weighted by Crippen LogP contribution is -2.45. The van der Waals surface area contributed by atoms with Crippen LogP contribution >= 0.6 is 0 Å². The number of carbonyl (C=O) groups excluding carboxylic acids is 4. The van der Waals surface area contributed by atoms with Crippen molar-refractivity contribution >= 4 is 23.9 Å². The molecule has 2 heterocycles. The summed E-state index contributed by atoms with van der Waals surface area (Å²) in [5.41, 5.74) is 0. The molecule has 21 heavy (non-hydrogen) atoms.